The lowest BCUT2D eigenvalue weighted by Gasteiger charge is -2.10. The molecule has 0 atom stereocenters. The largest absolute Gasteiger partial charge is 0.423 e. The van der Waals surface area contributed by atoms with Gasteiger partial charge in [-0.05, 0) is 126 Å². The minimum Gasteiger partial charge on any atom is -0.423 e. The molecule has 33 heavy (non-hydrogen) atoms. The van der Waals surface area contributed by atoms with Gasteiger partial charge in [-0.1, -0.05) is 15.9 Å². The minimum atomic E-state index is -4.41. The number of ether oxygens (including phenoxy) is 2. The van der Waals surface area contributed by atoms with Crippen LogP contribution in [0.25, 0.3) is 0 Å². The van der Waals surface area contributed by atoms with Gasteiger partial charge in [0.2, 0.25) is 0 Å². The quantitative estimate of drug-likeness (QED) is 0.129. The number of carbonyl (C=O) groups excluding carboxylic acids is 2. The van der Waals surface area contributed by atoms with E-state index in [1.165, 1.54) is 36.4 Å². The summed E-state index contributed by atoms with van der Waals surface area (Å²) in [5.41, 5.74) is 0.490. The number of benzene rings is 3. The molecule has 7 nitrogen and oxygen atoms in total. The summed E-state index contributed by atoms with van der Waals surface area (Å²) in [6, 6.07) is 11.8. The molecule has 1 N–H and O–H groups in total. The fourth-order valence-corrected chi connectivity index (χ4v) is 9.14. The molecule has 0 bridgehead atoms. The van der Waals surface area contributed by atoms with E-state index in [1.54, 1.807) is 57.3 Å². The molecule has 0 heterocycles. The van der Waals surface area contributed by atoms with E-state index in [0.717, 1.165) is 4.47 Å². The second kappa shape index (κ2) is 11.0. The summed E-state index contributed by atoms with van der Waals surface area (Å²) in [6.45, 7) is 0. The van der Waals surface area contributed by atoms with Gasteiger partial charge in [0.25, 0.3) is 10.1 Å². The van der Waals surface area contributed by atoms with E-state index in [-0.39, 0.29) is 29.1 Å². The normalized spacial score (nSPS) is 11.2. The van der Waals surface area contributed by atoms with Crippen molar-refractivity contribution in [2.24, 2.45) is 0 Å². The SMILES string of the molecule is O=C(Oc1cc(I)c(S(=O)(=O)O)c(I)c1)c1ccc(OC(=O)c2c(Br)cc(Br)cc2Br)cc1. The highest BCUT2D eigenvalue weighted by molar-refractivity contribution is 14.1. The molecule has 0 aliphatic rings. The number of hydrogen-bond donors (Lipinski definition) is 1. The lowest BCUT2D eigenvalue weighted by atomic mass is 10.2. The number of carbonyl (C=O) groups is 2. The first-order valence-corrected chi connectivity index (χ1v) is 14.5. The molecule has 172 valence electrons. The average molecular weight is 887 g/mol. The summed E-state index contributed by atoms with van der Waals surface area (Å²) in [6.07, 6.45) is 0. The molecule has 0 spiro atoms. The van der Waals surface area contributed by atoms with E-state index in [0.29, 0.717) is 14.5 Å². The zero-order chi connectivity index (χ0) is 24.5. The number of rotatable bonds is 5. The van der Waals surface area contributed by atoms with Crippen LogP contribution in [0.4, 0.5) is 0 Å². The third-order valence-electron chi connectivity index (χ3n) is 3.95. The third kappa shape index (κ3) is 6.76. The molecule has 13 heteroatoms. The topological polar surface area (TPSA) is 107 Å². The van der Waals surface area contributed by atoms with Crippen molar-refractivity contribution < 1.29 is 32.0 Å². The van der Waals surface area contributed by atoms with Crippen molar-refractivity contribution in [3.8, 4) is 11.5 Å². The molecule has 0 unspecified atom stereocenters. The highest BCUT2D eigenvalue weighted by Crippen LogP contribution is 2.32. The summed E-state index contributed by atoms with van der Waals surface area (Å²) >= 11 is 13.5. The van der Waals surface area contributed by atoms with Gasteiger partial charge < -0.3 is 9.47 Å². The van der Waals surface area contributed by atoms with Gasteiger partial charge in [-0.25, -0.2) is 9.59 Å². The first-order valence-electron chi connectivity index (χ1n) is 8.52. The molecule has 0 aromatic heterocycles. The number of hydrogen-bond acceptors (Lipinski definition) is 6. The number of esters is 2. The Morgan fingerprint density at radius 3 is 1.76 bits per heavy atom. The van der Waals surface area contributed by atoms with E-state index in [9.17, 15) is 22.6 Å². The highest BCUT2D eigenvalue weighted by Gasteiger charge is 2.21. The molecule has 0 aliphatic carbocycles. The van der Waals surface area contributed by atoms with Crippen LogP contribution < -0.4 is 9.47 Å². The Balaban J connectivity index is 1.74. The molecule has 3 rings (SSSR count). The summed E-state index contributed by atoms with van der Waals surface area (Å²) in [5.74, 6) is -0.960. The molecule has 0 aliphatic heterocycles. The molecule has 3 aromatic rings. The van der Waals surface area contributed by atoms with Crippen molar-refractivity contribution in [3.05, 3.63) is 80.2 Å². The highest BCUT2D eigenvalue weighted by atomic mass is 127. The van der Waals surface area contributed by atoms with Gasteiger partial charge >= 0.3 is 11.9 Å². The van der Waals surface area contributed by atoms with Crippen LogP contribution in [0.5, 0.6) is 11.5 Å². The van der Waals surface area contributed by atoms with Crippen molar-refractivity contribution in [2.75, 3.05) is 0 Å². The third-order valence-corrected chi connectivity index (χ3v) is 9.05. The lowest BCUT2D eigenvalue weighted by molar-refractivity contribution is 0.0729. The van der Waals surface area contributed by atoms with Crippen LogP contribution in [-0.4, -0.2) is 24.9 Å². The Labute approximate surface area is 241 Å². The van der Waals surface area contributed by atoms with Gasteiger partial charge in [-0.15, -0.1) is 0 Å². The van der Waals surface area contributed by atoms with Crippen molar-refractivity contribution in [1.29, 1.82) is 0 Å². The Bertz CT molecular complexity index is 1330. The summed E-state index contributed by atoms with van der Waals surface area (Å²) in [7, 11) is -4.41. The molecule has 3 aromatic carbocycles. The fraction of sp³-hybridized carbons (Fsp3) is 0. The molecule has 0 saturated carbocycles. The molecule has 0 amide bonds. The Hall–Kier alpha value is -0.590. The van der Waals surface area contributed by atoms with Crippen LogP contribution >= 0.6 is 93.0 Å². The maximum Gasteiger partial charge on any atom is 0.345 e. The predicted octanol–water partition coefficient (Wildman–Crippen LogP) is 6.87. The molecule has 0 saturated heterocycles. The van der Waals surface area contributed by atoms with Crippen LogP contribution in [0, 0.1) is 7.14 Å². The zero-order valence-electron chi connectivity index (χ0n) is 15.8. The van der Waals surface area contributed by atoms with Crippen LogP contribution in [0.1, 0.15) is 20.7 Å². The summed E-state index contributed by atoms with van der Waals surface area (Å²) in [4.78, 5) is 24.8. The monoisotopic (exact) mass is 884 g/mol. The minimum absolute atomic E-state index is 0.113. The van der Waals surface area contributed by atoms with E-state index in [2.05, 4.69) is 47.8 Å². The van der Waals surface area contributed by atoms with Crippen LogP contribution in [0.15, 0.2) is 66.8 Å². The predicted molar refractivity (Wildman–Crippen MR) is 148 cm³/mol. The molecule has 0 radical (unpaired) electrons. The van der Waals surface area contributed by atoms with Crippen molar-refractivity contribution in [2.45, 2.75) is 4.90 Å². The maximum absolute atomic E-state index is 12.5. The summed E-state index contributed by atoms with van der Waals surface area (Å²) in [5, 5.41) is 0. The van der Waals surface area contributed by atoms with E-state index < -0.39 is 22.1 Å². The maximum atomic E-state index is 12.5. The fourth-order valence-electron chi connectivity index (χ4n) is 2.56. The van der Waals surface area contributed by atoms with Crippen molar-refractivity contribution in [3.63, 3.8) is 0 Å². The van der Waals surface area contributed by atoms with E-state index >= 15 is 0 Å². The van der Waals surface area contributed by atoms with Gasteiger partial charge in [-0.2, -0.15) is 8.42 Å². The Morgan fingerprint density at radius 1 is 0.788 bits per heavy atom. The zero-order valence-corrected chi connectivity index (χ0v) is 25.7. The molecule has 0 fully saturated rings. The van der Waals surface area contributed by atoms with Gasteiger partial charge in [0.05, 0.1) is 11.1 Å². The molecular formula is C20H9Br3I2O7S. The van der Waals surface area contributed by atoms with E-state index in [1.807, 2.05) is 0 Å². The Kier molecular flexibility index (Phi) is 8.99. The first kappa shape index (κ1) is 27.0. The van der Waals surface area contributed by atoms with E-state index in [4.69, 9.17) is 9.47 Å². The van der Waals surface area contributed by atoms with Crippen LogP contribution in [0.2, 0.25) is 0 Å². The first-order chi connectivity index (χ1) is 15.4. The van der Waals surface area contributed by atoms with Gasteiger partial charge in [0.15, 0.2) is 0 Å². The van der Waals surface area contributed by atoms with Crippen LogP contribution in [0.3, 0.4) is 0 Å². The average Bonchev–Trinajstić information content (AvgIpc) is 2.65. The summed E-state index contributed by atoms with van der Waals surface area (Å²) < 4.78 is 45.2. The second-order valence-electron chi connectivity index (χ2n) is 6.24. The smallest absolute Gasteiger partial charge is 0.345 e. The van der Waals surface area contributed by atoms with Crippen LogP contribution in [-0.2, 0) is 10.1 Å². The Morgan fingerprint density at radius 2 is 1.27 bits per heavy atom. The molecular weight excluding hydrogens is 878 g/mol. The lowest BCUT2D eigenvalue weighted by Crippen LogP contribution is -2.12. The number of halogens is 5. The second-order valence-corrected chi connectivity index (χ2v) is 12.5. The van der Waals surface area contributed by atoms with Gasteiger partial charge in [-0.3, -0.25) is 4.55 Å². The van der Waals surface area contributed by atoms with Gasteiger partial charge in [0.1, 0.15) is 16.4 Å². The standard InChI is InChI=1S/C20H9Br3I2O7S/c21-10-5-13(22)17(14(23)6-10)20(27)31-11-3-1-9(2-4-11)19(26)32-12-7-15(24)18(16(25)8-12)33(28,29)30/h1-8H,(H,28,29,30). The van der Waals surface area contributed by atoms with Crippen molar-refractivity contribution in [1.82, 2.24) is 0 Å². The van der Waals surface area contributed by atoms with Crippen molar-refractivity contribution >= 4 is 115 Å². The van der Waals surface area contributed by atoms with Gasteiger partial charge in [0, 0.05) is 20.6 Å².